The van der Waals surface area contributed by atoms with Crippen LogP contribution >= 0.6 is 12.4 Å². The van der Waals surface area contributed by atoms with Gasteiger partial charge in [-0.1, -0.05) is 48.5 Å². The highest BCUT2D eigenvalue weighted by Gasteiger charge is 2.33. The third-order valence-corrected chi connectivity index (χ3v) is 4.20. The van der Waals surface area contributed by atoms with Crippen molar-refractivity contribution >= 4 is 24.3 Å². The lowest BCUT2D eigenvalue weighted by Gasteiger charge is -2.36. The fraction of sp³-hybridized carbons (Fsp3) is 0.263. The van der Waals surface area contributed by atoms with E-state index in [-0.39, 0.29) is 24.3 Å². The summed E-state index contributed by atoms with van der Waals surface area (Å²) in [5.74, 6) is 0.360. The summed E-state index contributed by atoms with van der Waals surface area (Å²) in [6.07, 6.45) is 0. The van der Waals surface area contributed by atoms with Gasteiger partial charge < -0.3 is 11.5 Å². The molecule has 1 heterocycles. The molecule has 0 saturated heterocycles. The maximum absolute atomic E-state index is 5.96. The maximum atomic E-state index is 5.96. The van der Waals surface area contributed by atoms with E-state index in [0.29, 0.717) is 6.61 Å². The van der Waals surface area contributed by atoms with Crippen molar-refractivity contribution in [3.63, 3.8) is 0 Å². The van der Waals surface area contributed by atoms with Crippen LogP contribution in [0.2, 0.25) is 0 Å². The van der Waals surface area contributed by atoms with Crippen LogP contribution < -0.4 is 11.5 Å². The zero-order valence-electron chi connectivity index (χ0n) is 15.1. The number of nitrogens with two attached hydrogens (primary N) is 2. The van der Waals surface area contributed by atoms with Crippen LogP contribution in [0.4, 0.5) is 0 Å². The number of nitrogens with zero attached hydrogens (tertiary/aromatic N) is 3. The molecule has 0 unspecified atom stereocenters. The van der Waals surface area contributed by atoms with Crippen LogP contribution in [0, 0.1) is 6.92 Å². The predicted molar refractivity (Wildman–Crippen MR) is 108 cm³/mol. The average molecular weight is 374 g/mol. The largest absolute Gasteiger partial charge is 0.368 e. The average Bonchev–Trinajstić information content (AvgIpc) is 2.55. The molecule has 0 spiro atoms. The molecule has 0 aromatic heterocycles. The highest BCUT2D eigenvalue weighted by Crippen LogP contribution is 2.27. The SMILES string of the molecule is Cc1c(CON2C(N)=NC(N)=NC2(C)C)cccc1-c1ccccc1.Cl. The number of guanidine groups is 2. The Morgan fingerprint density at radius 3 is 2.38 bits per heavy atom. The third-order valence-electron chi connectivity index (χ3n) is 4.20. The van der Waals surface area contributed by atoms with Gasteiger partial charge >= 0.3 is 0 Å². The topological polar surface area (TPSA) is 89.2 Å². The Bertz CT molecular complexity index is 833. The molecule has 0 bridgehead atoms. The lowest BCUT2D eigenvalue weighted by atomic mass is 9.97. The van der Waals surface area contributed by atoms with Crippen LogP contribution in [0.5, 0.6) is 0 Å². The Balaban J connectivity index is 0.00000243. The lowest BCUT2D eigenvalue weighted by molar-refractivity contribution is -0.167. The Morgan fingerprint density at radius 2 is 1.73 bits per heavy atom. The molecule has 138 valence electrons. The van der Waals surface area contributed by atoms with Crippen LogP contribution in [0.1, 0.15) is 25.0 Å². The Morgan fingerprint density at radius 1 is 1.04 bits per heavy atom. The van der Waals surface area contributed by atoms with Crippen LogP contribution in [0.15, 0.2) is 58.5 Å². The zero-order valence-corrected chi connectivity index (χ0v) is 16.0. The first kappa shape index (κ1) is 19.8. The monoisotopic (exact) mass is 373 g/mol. The minimum absolute atomic E-state index is 0. The molecule has 1 aliphatic heterocycles. The summed E-state index contributed by atoms with van der Waals surface area (Å²) in [5, 5.41) is 1.50. The minimum atomic E-state index is -0.707. The quantitative estimate of drug-likeness (QED) is 0.861. The highest BCUT2D eigenvalue weighted by atomic mass is 35.5. The summed E-state index contributed by atoms with van der Waals surface area (Å²) < 4.78 is 0. The van der Waals surface area contributed by atoms with E-state index < -0.39 is 5.66 Å². The Hall–Kier alpha value is -2.57. The fourth-order valence-electron chi connectivity index (χ4n) is 2.92. The van der Waals surface area contributed by atoms with Crippen LogP contribution in [-0.2, 0) is 11.4 Å². The van der Waals surface area contributed by atoms with Gasteiger partial charge in [-0.2, -0.15) is 10.1 Å². The van der Waals surface area contributed by atoms with Gasteiger partial charge in [0.25, 0.3) is 0 Å². The molecular weight excluding hydrogens is 350 g/mol. The van der Waals surface area contributed by atoms with E-state index in [1.54, 1.807) is 0 Å². The van der Waals surface area contributed by atoms with E-state index in [0.717, 1.165) is 5.56 Å². The van der Waals surface area contributed by atoms with Gasteiger partial charge in [0.2, 0.25) is 11.9 Å². The number of hydrogen-bond acceptors (Lipinski definition) is 6. The van der Waals surface area contributed by atoms with Gasteiger partial charge in [-0.25, -0.2) is 4.99 Å². The molecule has 0 saturated carbocycles. The van der Waals surface area contributed by atoms with Crippen molar-refractivity contribution in [2.45, 2.75) is 33.0 Å². The minimum Gasteiger partial charge on any atom is -0.368 e. The summed E-state index contributed by atoms with van der Waals surface area (Å²) in [4.78, 5) is 14.2. The molecule has 0 amide bonds. The lowest BCUT2D eigenvalue weighted by Crippen LogP contribution is -2.53. The molecule has 4 N–H and O–H groups in total. The maximum Gasteiger partial charge on any atom is 0.226 e. The van der Waals surface area contributed by atoms with E-state index >= 15 is 0 Å². The van der Waals surface area contributed by atoms with Gasteiger partial charge in [0.15, 0.2) is 5.66 Å². The Kier molecular flexibility index (Phi) is 5.90. The molecule has 0 radical (unpaired) electrons. The number of hydroxylamine groups is 2. The molecule has 0 aliphatic carbocycles. The van der Waals surface area contributed by atoms with Crippen LogP contribution in [-0.4, -0.2) is 22.6 Å². The number of benzene rings is 2. The van der Waals surface area contributed by atoms with Crippen molar-refractivity contribution in [2.75, 3.05) is 0 Å². The van der Waals surface area contributed by atoms with E-state index in [1.807, 2.05) is 44.2 Å². The van der Waals surface area contributed by atoms with Gasteiger partial charge in [0.1, 0.15) is 6.61 Å². The van der Waals surface area contributed by atoms with Gasteiger partial charge in [-0.05, 0) is 43.0 Å². The number of hydrogen-bond donors (Lipinski definition) is 2. The second kappa shape index (κ2) is 7.76. The second-order valence-corrected chi connectivity index (χ2v) is 6.46. The highest BCUT2D eigenvalue weighted by molar-refractivity contribution is 5.95. The molecule has 1 aliphatic rings. The van der Waals surface area contributed by atoms with Crippen molar-refractivity contribution in [1.29, 1.82) is 0 Å². The van der Waals surface area contributed by atoms with Crippen molar-refractivity contribution < 1.29 is 4.84 Å². The number of halogens is 1. The predicted octanol–water partition coefficient (Wildman–Crippen LogP) is 3.20. The van der Waals surface area contributed by atoms with Crippen molar-refractivity contribution in [3.8, 4) is 11.1 Å². The van der Waals surface area contributed by atoms with Crippen LogP contribution in [0.3, 0.4) is 0 Å². The summed E-state index contributed by atoms with van der Waals surface area (Å²) >= 11 is 0. The first-order valence-electron chi connectivity index (χ1n) is 8.15. The van der Waals surface area contributed by atoms with Gasteiger partial charge in [0.05, 0.1) is 0 Å². The number of aliphatic imine (C=N–C) groups is 2. The summed E-state index contributed by atoms with van der Waals surface area (Å²) in [5.41, 5.74) is 15.5. The summed E-state index contributed by atoms with van der Waals surface area (Å²) in [6, 6.07) is 16.5. The van der Waals surface area contributed by atoms with Gasteiger partial charge in [-0.3, -0.25) is 4.84 Å². The van der Waals surface area contributed by atoms with Crippen LogP contribution in [0.25, 0.3) is 11.1 Å². The normalized spacial score (nSPS) is 15.7. The van der Waals surface area contributed by atoms with E-state index in [4.69, 9.17) is 16.3 Å². The zero-order chi connectivity index (χ0) is 18.0. The molecule has 6 nitrogen and oxygen atoms in total. The standard InChI is InChI=1S/C19H23N5O.ClH/c1-13-15(10-7-11-16(13)14-8-5-4-6-9-14)12-25-24-18(21)22-17(20)23-19(24,2)3;/h4-11H,12H2,1-3H3,(H4,20,21,22,23);1H. The van der Waals surface area contributed by atoms with Crippen molar-refractivity contribution in [3.05, 3.63) is 59.7 Å². The second-order valence-electron chi connectivity index (χ2n) is 6.46. The molecule has 2 aromatic rings. The summed E-state index contributed by atoms with van der Waals surface area (Å²) in [7, 11) is 0. The summed E-state index contributed by atoms with van der Waals surface area (Å²) in [6.45, 7) is 6.20. The molecule has 2 aromatic carbocycles. The smallest absolute Gasteiger partial charge is 0.226 e. The molecule has 0 atom stereocenters. The molecular formula is C19H24ClN5O. The van der Waals surface area contributed by atoms with Gasteiger partial charge in [0, 0.05) is 0 Å². The third kappa shape index (κ3) is 3.98. The van der Waals surface area contributed by atoms with Crippen molar-refractivity contribution in [1.82, 2.24) is 5.06 Å². The van der Waals surface area contributed by atoms with Gasteiger partial charge in [-0.15, -0.1) is 12.4 Å². The first-order chi connectivity index (χ1) is 11.9. The van der Waals surface area contributed by atoms with E-state index in [9.17, 15) is 0 Å². The molecule has 3 rings (SSSR count). The molecule has 26 heavy (non-hydrogen) atoms. The van der Waals surface area contributed by atoms with E-state index in [1.165, 1.54) is 21.8 Å². The van der Waals surface area contributed by atoms with E-state index in [2.05, 4.69) is 35.1 Å². The van der Waals surface area contributed by atoms with Crippen molar-refractivity contribution in [2.24, 2.45) is 21.5 Å². The first-order valence-corrected chi connectivity index (χ1v) is 8.15. The fourth-order valence-corrected chi connectivity index (χ4v) is 2.92. The molecule has 0 fully saturated rings. The Labute approximate surface area is 159 Å². The molecule has 7 heteroatoms. The number of rotatable bonds is 4.